The molecule has 1 aromatic rings. The predicted octanol–water partition coefficient (Wildman–Crippen LogP) is 3.23. The van der Waals surface area contributed by atoms with Crippen molar-refractivity contribution in [2.45, 2.75) is 70.2 Å². The first kappa shape index (κ1) is 18.4. The number of esters is 1. The SMILES string of the molecule is CC(C)(C)OC(=O)c1cc(S)cc(B2OC(C)(C)C(C)(C)O2)c1. The van der Waals surface area contributed by atoms with E-state index in [1.807, 2.05) is 54.5 Å². The van der Waals surface area contributed by atoms with Gasteiger partial charge in [-0.05, 0) is 72.1 Å². The summed E-state index contributed by atoms with van der Waals surface area (Å²) in [5.41, 5.74) is -0.213. The van der Waals surface area contributed by atoms with Gasteiger partial charge in [-0.15, -0.1) is 12.6 Å². The van der Waals surface area contributed by atoms with Gasteiger partial charge < -0.3 is 14.0 Å². The zero-order valence-corrected chi connectivity index (χ0v) is 15.8. The molecule has 1 saturated heterocycles. The van der Waals surface area contributed by atoms with Crippen molar-refractivity contribution >= 4 is 31.2 Å². The van der Waals surface area contributed by atoms with E-state index >= 15 is 0 Å². The van der Waals surface area contributed by atoms with E-state index in [4.69, 9.17) is 14.0 Å². The topological polar surface area (TPSA) is 44.8 Å². The van der Waals surface area contributed by atoms with Gasteiger partial charge in [0, 0.05) is 4.90 Å². The number of rotatable bonds is 2. The van der Waals surface area contributed by atoms with Crippen molar-refractivity contribution in [1.29, 1.82) is 0 Å². The third-order valence-corrected chi connectivity index (χ3v) is 4.36. The zero-order chi connectivity index (χ0) is 17.6. The van der Waals surface area contributed by atoms with E-state index in [-0.39, 0.29) is 5.97 Å². The Hall–Kier alpha value is -0.975. The van der Waals surface area contributed by atoms with Crippen molar-refractivity contribution in [3.63, 3.8) is 0 Å². The summed E-state index contributed by atoms with van der Waals surface area (Å²) >= 11 is 4.39. The highest BCUT2D eigenvalue weighted by Gasteiger charge is 2.51. The van der Waals surface area contributed by atoms with Crippen molar-refractivity contribution in [2.24, 2.45) is 0 Å². The normalized spacial score (nSPS) is 19.7. The van der Waals surface area contributed by atoms with E-state index in [1.165, 1.54) is 0 Å². The lowest BCUT2D eigenvalue weighted by Crippen LogP contribution is -2.41. The van der Waals surface area contributed by atoms with Crippen LogP contribution in [0.2, 0.25) is 0 Å². The summed E-state index contributed by atoms with van der Waals surface area (Å²) < 4.78 is 17.5. The smallest absolute Gasteiger partial charge is 0.456 e. The number of carbonyl (C=O) groups is 1. The number of carbonyl (C=O) groups excluding carboxylic acids is 1. The number of benzene rings is 1. The lowest BCUT2D eigenvalue weighted by Gasteiger charge is -2.32. The number of hydrogen-bond acceptors (Lipinski definition) is 5. The molecule has 23 heavy (non-hydrogen) atoms. The molecule has 4 nitrogen and oxygen atoms in total. The summed E-state index contributed by atoms with van der Waals surface area (Å²) in [6.07, 6.45) is 0. The minimum absolute atomic E-state index is 0.383. The number of ether oxygens (including phenoxy) is 1. The summed E-state index contributed by atoms with van der Waals surface area (Å²) in [4.78, 5) is 13.0. The highest BCUT2D eigenvalue weighted by atomic mass is 32.1. The minimum atomic E-state index is -0.547. The van der Waals surface area contributed by atoms with E-state index in [0.717, 1.165) is 5.46 Å². The van der Waals surface area contributed by atoms with Crippen LogP contribution in [-0.4, -0.2) is 29.9 Å². The maximum Gasteiger partial charge on any atom is 0.494 e. The highest BCUT2D eigenvalue weighted by molar-refractivity contribution is 7.80. The van der Waals surface area contributed by atoms with Gasteiger partial charge in [0.2, 0.25) is 0 Å². The van der Waals surface area contributed by atoms with Crippen LogP contribution in [0.25, 0.3) is 0 Å². The third kappa shape index (κ3) is 4.11. The predicted molar refractivity (Wildman–Crippen MR) is 94.6 cm³/mol. The Balaban J connectivity index is 2.30. The summed E-state index contributed by atoms with van der Waals surface area (Å²) in [5.74, 6) is -0.383. The van der Waals surface area contributed by atoms with Crippen LogP contribution in [0.15, 0.2) is 23.1 Å². The van der Waals surface area contributed by atoms with E-state index in [0.29, 0.717) is 10.5 Å². The lowest BCUT2D eigenvalue weighted by molar-refractivity contribution is 0.00578. The minimum Gasteiger partial charge on any atom is -0.456 e. The van der Waals surface area contributed by atoms with Crippen LogP contribution in [0.5, 0.6) is 0 Å². The molecule has 0 saturated carbocycles. The molecule has 2 rings (SSSR count). The van der Waals surface area contributed by atoms with Crippen LogP contribution in [0, 0.1) is 0 Å². The van der Waals surface area contributed by atoms with Crippen molar-refractivity contribution in [1.82, 2.24) is 0 Å². The second-order valence-corrected chi connectivity index (χ2v) is 8.42. The molecule has 1 fully saturated rings. The number of hydrogen-bond donors (Lipinski definition) is 1. The molecule has 1 aromatic carbocycles. The van der Waals surface area contributed by atoms with Crippen molar-refractivity contribution < 1.29 is 18.8 Å². The molecule has 0 aromatic heterocycles. The molecule has 126 valence electrons. The second-order valence-electron chi connectivity index (χ2n) is 7.90. The fourth-order valence-electron chi connectivity index (χ4n) is 2.20. The van der Waals surface area contributed by atoms with Gasteiger partial charge in [0.15, 0.2) is 0 Å². The maximum atomic E-state index is 12.3. The fourth-order valence-corrected chi connectivity index (χ4v) is 2.49. The Bertz CT molecular complexity index is 604. The van der Waals surface area contributed by atoms with Gasteiger partial charge in [0.25, 0.3) is 0 Å². The Morgan fingerprint density at radius 1 is 1.09 bits per heavy atom. The standard InChI is InChI=1S/C17H25BO4S/c1-15(2,3)20-14(19)11-8-12(10-13(23)9-11)18-21-16(4,5)17(6,7)22-18/h8-10,23H,1-7H3. The quantitative estimate of drug-likeness (QED) is 0.512. The molecule has 0 amide bonds. The van der Waals surface area contributed by atoms with Crippen molar-refractivity contribution in [3.8, 4) is 0 Å². The molecular weight excluding hydrogens is 311 g/mol. The lowest BCUT2D eigenvalue weighted by atomic mass is 9.78. The Labute approximate surface area is 144 Å². The van der Waals surface area contributed by atoms with Gasteiger partial charge >= 0.3 is 13.1 Å². The van der Waals surface area contributed by atoms with E-state index in [1.54, 1.807) is 12.1 Å². The largest absolute Gasteiger partial charge is 0.494 e. The van der Waals surface area contributed by atoms with Gasteiger partial charge in [-0.2, -0.15) is 0 Å². The summed E-state index contributed by atoms with van der Waals surface area (Å²) in [5, 5.41) is 0. The van der Waals surface area contributed by atoms with Crippen LogP contribution in [-0.2, 0) is 14.0 Å². The molecule has 0 aliphatic carbocycles. The first-order valence-corrected chi connectivity index (χ1v) is 8.18. The molecule has 1 aliphatic heterocycles. The van der Waals surface area contributed by atoms with Crippen LogP contribution in [0.4, 0.5) is 0 Å². The molecule has 0 unspecified atom stereocenters. The van der Waals surface area contributed by atoms with Gasteiger partial charge in [0.05, 0.1) is 16.8 Å². The van der Waals surface area contributed by atoms with E-state index in [2.05, 4.69) is 12.6 Å². The van der Waals surface area contributed by atoms with E-state index in [9.17, 15) is 4.79 Å². The van der Waals surface area contributed by atoms with Crippen LogP contribution < -0.4 is 5.46 Å². The Morgan fingerprint density at radius 3 is 2.09 bits per heavy atom. The molecule has 0 bridgehead atoms. The fraction of sp³-hybridized carbons (Fsp3) is 0.588. The molecule has 1 heterocycles. The monoisotopic (exact) mass is 336 g/mol. The summed E-state index contributed by atoms with van der Waals surface area (Å²) in [7, 11) is -0.534. The van der Waals surface area contributed by atoms with Crippen LogP contribution >= 0.6 is 12.6 Å². The third-order valence-electron chi connectivity index (χ3n) is 4.10. The molecule has 0 atom stereocenters. The van der Waals surface area contributed by atoms with Crippen molar-refractivity contribution in [2.75, 3.05) is 0 Å². The second kappa shape index (κ2) is 5.83. The summed E-state index contributed by atoms with van der Waals surface area (Å²) in [6, 6.07) is 5.28. The average Bonchev–Trinajstić information content (AvgIpc) is 2.55. The van der Waals surface area contributed by atoms with E-state index < -0.39 is 23.9 Å². The Morgan fingerprint density at radius 2 is 1.61 bits per heavy atom. The maximum absolute atomic E-state index is 12.3. The molecule has 0 spiro atoms. The average molecular weight is 336 g/mol. The molecule has 0 radical (unpaired) electrons. The molecule has 1 aliphatic rings. The zero-order valence-electron chi connectivity index (χ0n) is 14.9. The molecular formula is C17H25BO4S. The van der Waals surface area contributed by atoms with Gasteiger partial charge in [0.1, 0.15) is 5.60 Å². The van der Waals surface area contributed by atoms with Gasteiger partial charge in [-0.3, -0.25) is 0 Å². The molecule has 0 N–H and O–H groups in total. The van der Waals surface area contributed by atoms with Gasteiger partial charge in [-0.25, -0.2) is 4.79 Å². The summed E-state index contributed by atoms with van der Waals surface area (Å²) in [6.45, 7) is 13.5. The Kier molecular flexibility index (Phi) is 4.66. The van der Waals surface area contributed by atoms with Crippen molar-refractivity contribution in [3.05, 3.63) is 23.8 Å². The highest BCUT2D eigenvalue weighted by Crippen LogP contribution is 2.36. The first-order chi connectivity index (χ1) is 10.3. The molecule has 6 heteroatoms. The van der Waals surface area contributed by atoms with Crippen LogP contribution in [0.1, 0.15) is 58.8 Å². The number of thiol groups is 1. The van der Waals surface area contributed by atoms with Gasteiger partial charge in [-0.1, -0.05) is 0 Å². The first-order valence-electron chi connectivity index (χ1n) is 7.74. The van der Waals surface area contributed by atoms with Crippen LogP contribution in [0.3, 0.4) is 0 Å².